The van der Waals surface area contributed by atoms with Gasteiger partial charge in [-0.1, -0.05) is 6.07 Å². The van der Waals surface area contributed by atoms with E-state index in [4.69, 9.17) is 10.00 Å². The zero-order valence-corrected chi connectivity index (χ0v) is 9.73. The molecule has 0 N–H and O–H groups in total. The fourth-order valence-corrected chi connectivity index (χ4v) is 1.87. The molecule has 0 aromatic heterocycles. The zero-order valence-electron chi connectivity index (χ0n) is 9.73. The Morgan fingerprint density at radius 1 is 1.50 bits per heavy atom. The van der Waals surface area contributed by atoms with Gasteiger partial charge in [-0.15, -0.1) is 0 Å². The van der Waals surface area contributed by atoms with E-state index in [1.165, 1.54) is 18.4 Å². The molecule has 84 valence electrons. The van der Waals surface area contributed by atoms with E-state index < -0.39 is 0 Å². The molecule has 0 radical (unpaired) electrons. The third-order valence-electron chi connectivity index (χ3n) is 2.99. The van der Waals surface area contributed by atoms with Crippen molar-refractivity contribution in [3.8, 4) is 11.8 Å². The van der Waals surface area contributed by atoms with Crippen LogP contribution in [-0.2, 0) is 6.54 Å². The quantitative estimate of drug-likeness (QED) is 0.773. The lowest BCUT2D eigenvalue weighted by Gasteiger charge is -2.16. The Morgan fingerprint density at radius 2 is 2.25 bits per heavy atom. The summed E-state index contributed by atoms with van der Waals surface area (Å²) in [6.45, 7) is 0.906. The predicted octanol–water partition coefficient (Wildman–Crippen LogP) is 2.16. The standard InChI is InChI=1S/C13H16N2O/c1-15(12-4-5-12)9-10-3-6-13(16-2)11(7-10)8-14/h3,6-7,12H,4-5,9H2,1-2H3. The van der Waals surface area contributed by atoms with Gasteiger partial charge in [0.05, 0.1) is 12.7 Å². The number of methoxy groups -OCH3 is 1. The monoisotopic (exact) mass is 216 g/mol. The maximum absolute atomic E-state index is 8.99. The summed E-state index contributed by atoms with van der Waals surface area (Å²) in [5.41, 5.74) is 1.79. The number of benzene rings is 1. The molecule has 1 aliphatic rings. The van der Waals surface area contributed by atoms with Gasteiger partial charge in [-0.2, -0.15) is 5.26 Å². The lowest BCUT2D eigenvalue weighted by molar-refractivity contribution is 0.316. The molecule has 0 spiro atoms. The summed E-state index contributed by atoms with van der Waals surface area (Å²) in [5.74, 6) is 0.653. The van der Waals surface area contributed by atoms with Crippen molar-refractivity contribution in [1.82, 2.24) is 4.90 Å². The third-order valence-corrected chi connectivity index (χ3v) is 2.99. The molecular weight excluding hydrogens is 200 g/mol. The topological polar surface area (TPSA) is 36.3 Å². The summed E-state index contributed by atoms with van der Waals surface area (Å²) >= 11 is 0. The second kappa shape index (κ2) is 4.54. The summed E-state index contributed by atoms with van der Waals surface area (Å²) in [6.07, 6.45) is 2.61. The van der Waals surface area contributed by atoms with Crippen LogP contribution in [0.15, 0.2) is 18.2 Å². The molecule has 16 heavy (non-hydrogen) atoms. The molecule has 0 heterocycles. The summed E-state index contributed by atoms with van der Waals surface area (Å²) < 4.78 is 5.12. The van der Waals surface area contributed by atoms with Crippen LogP contribution in [0.4, 0.5) is 0 Å². The Kier molecular flexibility index (Phi) is 3.12. The zero-order chi connectivity index (χ0) is 11.5. The van der Waals surface area contributed by atoms with Gasteiger partial charge in [0.25, 0.3) is 0 Å². The van der Waals surface area contributed by atoms with Crippen molar-refractivity contribution < 1.29 is 4.74 Å². The molecule has 0 amide bonds. The lowest BCUT2D eigenvalue weighted by atomic mass is 10.1. The van der Waals surface area contributed by atoms with Crippen molar-refractivity contribution in [2.45, 2.75) is 25.4 Å². The fourth-order valence-electron chi connectivity index (χ4n) is 1.87. The molecule has 3 nitrogen and oxygen atoms in total. The highest BCUT2D eigenvalue weighted by Gasteiger charge is 2.25. The number of hydrogen-bond donors (Lipinski definition) is 0. The maximum atomic E-state index is 8.99. The van der Waals surface area contributed by atoms with Crippen LogP contribution in [0.5, 0.6) is 5.75 Å². The molecule has 3 heteroatoms. The Hall–Kier alpha value is -1.53. The van der Waals surface area contributed by atoms with Crippen LogP contribution in [-0.4, -0.2) is 25.1 Å². The molecular formula is C13H16N2O. The van der Waals surface area contributed by atoms with Gasteiger partial charge >= 0.3 is 0 Å². The Balaban J connectivity index is 2.12. The average molecular weight is 216 g/mol. The van der Waals surface area contributed by atoms with E-state index in [0.29, 0.717) is 11.3 Å². The molecule has 1 saturated carbocycles. The molecule has 2 rings (SSSR count). The largest absolute Gasteiger partial charge is 0.495 e. The minimum Gasteiger partial charge on any atom is -0.495 e. The summed E-state index contributed by atoms with van der Waals surface area (Å²) in [4.78, 5) is 2.34. The maximum Gasteiger partial charge on any atom is 0.136 e. The van der Waals surface area contributed by atoms with Crippen LogP contribution in [0.2, 0.25) is 0 Å². The van der Waals surface area contributed by atoms with E-state index in [1.807, 2.05) is 18.2 Å². The lowest BCUT2D eigenvalue weighted by Crippen LogP contribution is -2.19. The van der Waals surface area contributed by atoms with Crippen LogP contribution in [0.1, 0.15) is 24.0 Å². The first-order chi connectivity index (χ1) is 7.74. The summed E-state index contributed by atoms with van der Waals surface area (Å²) in [5, 5.41) is 8.99. The van der Waals surface area contributed by atoms with Gasteiger partial charge in [0.15, 0.2) is 0 Å². The number of rotatable bonds is 4. The van der Waals surface area contributed by atoms with Gasteiger partial charge in [0.1, 0.15) is 11.8 Å². The molecule has 0 aliphatic heterocycles. The van der Waals surface area contributed by atoms with Gasteiger partial charge in [-0.3, -0.25) is 4.90 Å². The third kappa shape index (κ3) is 2.34. The van der Waals surface area contributed by atoms with Gasteiger partial charge in [0.2, 0.25) is 0 Å². The van der Waals surface area contributed by atoms with E-state index in [9.17, 15) is 0 Å². The predicted molar refractivity (Wildman–Crippen MR) is 62.2 cm³/mol. The van der Waals surface area contributed by atoms with E-state index >= 15 is 0 Å². The molecule has 0 saturated heterocycles. The van der Waals surface area contributed by atoms with Crippen molar-refractivity contribution in [3.05, 3.63) is 29.3 Å². The fraction of sp³-hybridized carbons (Fsp3) is 0.462. The molecule has 0 bridgehead atoms. The summed E-state index contributed by atoms with van der Waals surface area (Å²) in [7, 11) is 3.72. The highest BCUT2D eigenvalue weighted by molar-refractivity contribution is 5.45. The second-order valence-electron chi connectivity index (χ2n) is 4.29. The Labute approximate surface area is 96.2 Å². The van der Waals surface area contributed by atoms with Gasteiger partial charge in [-0.25, -0.2) is 0 Å². The van der Waals surface area contributed by atoms with Crippen LogP contribution in [0, 0.1) is 11.3 Å². The first kappa shape index (κ1) is 11.0. The molecule has 1 aromatic rings. The molecule has 0 unspecified atom stereocenters. The highest BCUT2D eigenvalue weighted by atomic mass is 16.5. The van der Waals surface area contributed by atoms with Crippen LogP contribution < -0.4 is 4.74 Å². The van der Waals surface area contributed by atoms with E-state index in [1.54, 1.807) is 7.11 Å². The van der Waals surface area contributed by atoms with Crippen molar-refractivity contribution in [2.75, 3.05) is 14.2 Å². The van der Waals surface area contributed by atoms with Gasteiger partial charge in [-0.05, 0) is 37.6 Å². The Bertz CT molecular complexity index is 418. The van der Waals surface area contributed by atoms with Crippen molar-refractivity contribution in [3.63, 3.8) is 0 Å². The molecule has 0 atom stereocenters. The van der Waals surface area contributed by atoms with Gasteiger partial charge < -0.3 is 4.74 Å². The highest BCUT2D eigenvalue weighted by Crippen LogP contribution is 2.27. The SMILES string of the molecule is COc1ccc(CN(C)C2CC2)cc1C#N. The molecule has 1 fully saturated rings. The number of nitrogens with zero attached hydrogens (tertiary/aromatic N) is 2. The minimum atomic E-state index is 0.615. The van der Waals surface area contributed by atoms with E-state index in [0.717, 1.165) is 12.6 Å². The number of hydrogen-bond acceptors (Lipinski definition) is 3. The smallest absolute Gasteiger partial charge is 0.136 e. The van der Waals surface area contributed by atoms with Gasteiger partial charge in [0, 0.05) is 12.6 Å². The van der Waals surface area contributed by atoms with Crippen molar-refractivity contribution in [2.24, 2.45) is 0 Å². The molecule has 1 aliphatic carbocycles. The van der Waals surface area contributed by atoms with Crippen molar-refractivity contribution in [1.29, 1.82) is 5.26 Å². The van der Waals surface area contributed by atoms with E-state index in [-0.39, 0.29) is 0 Å². The normalized spacial score (nSPS) is 14.9. The van der Waals surface area contributed by atoms with Crippen LogP contribution >= 0.6 is 0 Å². The van der Waals surface area contributed by atoms with Crippen molar-refractivity contribution >= 4 is 0 Å². The average Bonchev–Trinajstić information content (AvgIpc) is 3.12. The Morgan fingerprint density at radius 3 is 2.81 bits per heavy atom. The number of nitriles is 1. The molecule has 1 aromatic carbocycles. The summed E-state index contributed by atoms with van der Waals surface area (Å²) in [6, 6.07) is 8.72. The second-order valence-corrected chi connectivity index (χ2v) is 4.29. The first-order valence-corrected chi connectivity index (χ1v) is 5.52. The van der Waals surface area contributed by atoms with Crippen LogP contribution in [0.3, 0.4) is 0 Å². The van der Waals surface area contributed by atoms with E-state index in [2.05, 4.69) is 18.0 Å². The first-order valence-electron chi connectivity index (χ1n) is 5.52. The minimum absolute atomic E-state index is 0.615. The van der Waals surface area contributed by atoms with Crippen LogP contribution in [0.25, 0.3) is 0 Å². The number of ether oxygens (including phenoxy) is 1.